The maximum atomic E-state index is 9.21. The number of nitrogens with zero attached hydrogens (tertiary/aromatic N) is 1. The molecule has 0 saturated heterocycles. The molecular formula is C17H30N2O. The number of nitrogens with one attached hydrogen (secondary N) is 1. The van der Waals surface area contributed by atoms with Crippen LogP contribution in [0.15, 0.2) is 24.3 Å². The Hall–Kier alpha value is -0.900. The standard InChI is InChI=1S/C17H30N2O/c1-13(2)9-17(19(4)5)11-18-14(3)16-8-6-7-15(10-16)12-20/h6-8,10,13-14,17-18,20H,9,11-12H2,1-5H3. The Balaban J connectivity index is 2.57. The molecule has 1 rings (SSSR count). The monoisotopic (exact) mass is 278 g/mol. The average Bonchev–Trinajstić information content (AvgIpc) is 2.42. The number of aliphatic hydroxyl groups excluding tert-OH is 1. The van der Waals surface area contributed by atoms with Crippen LogP contribution in [0.3, 0.4) is 0 Å². The number of likely N-dealkylation sites (N-methyl/N-ethyl adjacent to an activating group) is 1. The van der Waals surface area contributed by atoms with Gasteiger partial charge in [0, 0.05) is 18.6 Å². The summed E-state index contributed by atoms with van der Waals surface area (Å²) in [5.41, 5.74) is 2.21. The second-order valence-electron chi connectivity index (χ2n) is 6.28. The molecule has 0 fully saturated rings. The zero-order valence-corrected chi connectivity index (χ0v) is 13.6. The van der Waals surface area contributed by atoms with Crippen molar-refractivity contribution in [2.75, 3.05) is 20.6 Å². The zero-order valence-electron chi connectivity index (χ0n) is 13.6. The van der Waals surface area contributed by atoms with Crippen LogP contribution in [0.1, 0.15) is 44.4 Å². The first kappa shape index (κ1) is 17.2. The van der Waals surface area contributed by atoms with E-state index in [0.717, 1.165) is 12.1 Å². The van der Waals surface area contributed by atoms with Crippen LogP contribution in [-0.2, 0) is 6.61 Å². The van der Waals surface area contributed by atoms with Gasteiger partial charge in [-0.3, -0.25) is 0 Å². The summed E-state index contributed by atoms with van der Waals surface area (Å²) in [5.74, 6) is 0.706. The highest BCUT2D eigenvalue weighted by Crippen LogP contribution is 2.15. The van der Waals surface area contributed by atoms with Crippen molar-refractivity contribution in [1.82, 2.24) is 10.2 Å². The molecule has 20 heavy (non-hydrogen) atoms. The largest absolute Gasteiger partial charge is 0.392 e. The number of hydrogen-bond acceptors (Lipinski definition) is 3. The fourth-order valence-electron chi connectivity index (χ4n) is 2.41. The van der Waals surface area contributed by atoms with E-state index >= 15 is 0 Å². The first-order valence-electron chi connectivity index (χ1n) is 7.53. The maximum Gasteiger partial charge on any atom is 0.0681 e. The van der Waals surface area contributed by atoms with E-state index < -0.39 is 0 Å². The van der Waals surface area contributed by atoms with E-state index in [1.807, 2.05) is 12.1 Å². The molecule has 0 aromatic heterocycles. The Kier molecular flexibility index (Phi) is 7.20. The molecule has 2 unspecified atom stereocenters. The van der Waals surface area contributed by atoms with Crippen LogP contribution >= 0.6 is 0 Å². The Morgan fingerprint density at radius 2 is 1.90 bits per heavy atom. The Bertz CT molecular complexity index is 390. The van der Waals surface area contributed by atoms with Crippen LogP contribution in [0.25, 0.3) is 0 Å². The van der Waals surface area contributed by atoms with Crippen molar-refractivity contribution in [1.29, 1.82) is 0 Å². The molecule has 0 saturated carbocycles. The van der Waals surface area contributed by atoms with Crippen LogP contribution in [-0.4, -0.2) is 36.7 Å². The van der Waals surface area contributed by atoms with E-state index in [2.05, 4.69) is 57.2 Å². The van der Waals surface area contributed by atoms with E-state index in [4.69, 9.17) is 0 Å². The van der Waals surface area contributed by atoms with E-state index in [9.17, 15) is 5.11 Å². The van der Waals surface area contributed by atoms with E-state index in [0.29, 0.717) is 18.0 Å². The summed E-state index contributed by atoms with van der Waals surface area (Å²) in [6.07, 6.45) is 1.20. The molecule has 0 radical (unpaired) electrons. The summed E-state index contributed by atoms with van der Waals surface area (Å²) in [7, 11) is 4.29. The minimum Gasteiger partial charge on any atom is -0.392 e. The van der Waals surface area contributed by atoms with Crippen molar-refractivity contribution in [3.8, 4) is 0 Å². The number of rotatable bonds is 8. The molecule has 114 valence electrons. The third kappa shape index (κ3) is 5.61. The van der Waals surface area contributed by atoms with Gasteiger partial charge in [-0.2, -0.15) is 0 Å². The third-order valence-electron chi connectivity index (χ3n) is 3.77. The number of aliphatic hydroxyl groups is 1. The van der Waals surface area contributed by atoms with Crippen LogP contribution in [0.2, 0.25) is 0 Å². The summed E-state index contributed by atoms with van der Waals surface area (Å²) < 4.78 is 0. The highest BCUT2D eigenvalue weighted by molar-refractivity contribution is 5.25. The molecule has 1 aromatic rings. The van der Waals surface area contributed by atoms with Gasteiger partial charge in [0.15, 0.2) is 0 Å². The predicted molar refractivity (Wildman–Crippen MR) is 85.7 cm³/mol. The van der Waals surface area contributed by atoms with Crippen LogP contribution in [0, 0.1) is 5.92 Å². The zero-order chi connectivity index (χ0) is 15.1. The van der Waals surface area contributed by atoms with Crippen LogP contribution in [0.4, 0.5) is 0 Å². The lowest BCUT2D eigenvalue weighted by atomic mass is 10.0. The van der Waals surface area contributed by atoms with Crippen LogP contribution < -0.4 is 5.32 Å². The molecule has 2 N–H and O–H groups in total. The Morgan fingerprint density at radius 3 is 2.45 bits per heavy atom. The summed E-state index contributed by atoms with van der Waals surface area (Å²) in [6, 6.07) is 9.01. The Labute approximate surface area is 124 Å². The predicted octanol–water partition coefficient (Wildman–Crippen LogP) is 2.81. The normalized spacial score (nSPS) is 14.8. The van der Waals surface area contributed by atoms with Gasteiger partial charge in [0.2, 0.25) is 0 Å². The maximum absolute atomic E-state index is 9.21. The third-order valence-corrected chi connectivity index (χ3v) is 3.77. The van der Waals surface area contributed by atoms with Gasteiger partial charge >= 0.3 is 0 Å². The molecule has 0 aliphatic rings. The summed E-state index contributed by atoms with van der Waals surface area (Å²) in [6.45, 7) is 7.80. The SMILES string of the molecule is CC(C)CC(CNC(C)c1cccc(CO)c1)N(C)C. The first-order chi connectivity index (χ1) is 9.43. The van der Waals surface area contributed by atoms with E-state index in [1.165, 1.54) is 12.0 Å². The Morgan fingerprint density at radius 1 is 1.20 bits per heavy atom. The van der Waals surface area contributed by atoms with Crippen molar-refractivity contribution < 1.29 is 5.11 Å². The molecule has 2 atom stereocenters. The van der Waals surface area contributed by atoms with Gasteiger partial charge in [0.1, 0.15) is 0 Å². The summed E-state index contributed by atoms with van der Waals surface area (Å²) in [4.78, 5) is 2.30. The van der Waals surface area contributed by atoms with E-state index in [1.54, 1.807) is 0 Å². The molecule has 0 aliphatic heterocycles. The molecule has 0 amide bonds. The minimum absolute atomic E-state index is 0.105. The molecule has 0 aliphatic carbocycles. The fourth-order valence-corrected chi connectivity index (χ4v) is 2.41. The van der Waals surface area contributed by atoms with Crippen LogP contribution in [0.5, 0.6) is 0 Å². The average molecular weight is 278 g/mol. The lowest BCUT2D eigenvalue weighted by molar-refractivity contribution is 0.242. The molecular weight excluding hydrogens is 248 g/mol. The molecule has 0 heterocycles. The molecule has 0 bridgehead atoms. The van der Waals surface area contributed by atoms with E-state index in [-0.39, 0.29) is 6.61 Å². The highest BCUT2D eigenvalue weighted by atomic mass is 16.3. The van der Waals surface area contributed by atoms with Gasteiger partial charge in [0.05, 0.1) is 6.61 Å². The van der Waals surface area contributed by atoms with Gasteiger partial charge in [-0.15, -0.1) is 0 Å². The topological polar surface area (TPSA) is 35.5 Å². The second kappa shape index (κ2) is 8.40. The molecule has 3 nitrogen and oxygen atoms in total. The summed E-state index contributed by atoms with van der Waals surface area (Å²) in [5, 5.41) is 12.8. The molecule has 1 aromatic carbocycles. The van der Waals surface area contributed by atoms with Crippen molar-refractivity contribution in [2.24, 2.45) is 5.92 Å². The van der Waals surface area contributed by atoms with Crippen molar-refractivity contribution >= 4 is 0 Å². The highest BCUT2D eigenvalue weighted by Gasteiger charge is 2.15. The van der Waals surface area contributed by atoms with Gasteiger partial charge < -0.3 is 15.3 Å². The first-order valence-corrected chi connectivity index (χ1v) is 7.53. The van der Waals surface area contributed by atoms with Gasteiger partial charge in [-0.05, 0) is 44.5 Å². The lowest BCUT2D eigenvalue weighted by Crippen LogP contribution is -2.39. The fraction of sp³-hybridized carbons (Fsp3) is 0.647. The minimum atomic E-state index is 0.105. The molecule has 3 heteroatoms. The van der Waals surface area contributed by atoms with Crippen molar-refractivity contribution in [3.05, 3.63) is 35.4 Å². The van der Waals surface area contributed by atoms with Gasteiger partial charge in [-0.25, -0.2) is 0 Å². The molecule has 0 spiro atoms. The second-order valence-corrected chi connectivity index (χ2v) is 6.28. The number of hydrogen-bond donors (Lipinski definition) is 2. The van der Waals surface area contributed by atoms with Crippen molar-refractivity contribution in [3.63, 3.8) is 0 Å². The quantitative estimate of drug-likeness (QED) is 0.767. The van der Waals surface area contributed by atoms with Gasteiger partial charge in [-0.1, -0.05) is 38.1 Å². The van der Waals surface area contributed by atoms with Gasteiger partial charge in [0.25, 0.3) is 0 Å². The van der Waals surface area contributed by atoms with Crippen molar-refractivity contribution in [2.45, 2.75) is 45.9 Å². The lowest BCUT2D eigenvalue weighted by Gasteiger charge is -2.28. The summed E-state index contributed by atoms with van der Waals surface area (Å²) >= 11 is 0. The smallest absolute Gasteiger partial charge is 0.0681 e. The number of benzene rings is 1.